The number of hydrogen-bond acceptors (Lipinski definition) is 4. The smallest absolute Gasteiger partial charge is 0.306 e. The molecule has 21 heavy (non-hydrogen) atoms. The summed E-state index contributed by atoms with van der Waals surface area (Å²) in [6.45, 7) is 1.71. The third kappa shape index (κ3) is 4.83. The molecule has 0 bridgehead atoms. The minimum atomic E-state index is -0.925. The molecule has 1 atom stereocenters. The Kier molecular flexibility index (Phi) is 5.77. The SMILES string of the molecule is CC(CCCNC(=O)c1cc([N+](=O)[O-])ccc1F)C(=O)O. The number of nitro groups is 1. The van der Waals surface area contributed by atoms with Crippen LogP contribution >= 0.6 is 0 Å². The predicted octanol–water partition coefficient (Wildman–Crippen LogP) is 1.96. The first-order valence-electron chi connectivity index (χ1n) is 6.28. The van der Waals surface area contributed by atoms with Gasteiger partial charge in [0.25, 0.3) is 11.6 Å². The summed E-state index contributed by atoms with van der Waals surface area (Å²) in [7, 11) is 0. The average molecular weight is 298 g/mol. The molecule has 0 saturated heterocycles. The van der Waals surface area contributed by atoms with Crippen LogP contribution in [0.1, 0.15) is 30.1 Å². The van der Waals surface area contributed by atoms with Crippen LogP contribution in [0.4, 0.5) is 10.1 Å². The molecule has 0 heterocycles. The lowest BCUT2D eigenvalue weighted by molar-refractivity contribution is -0.384. The van der Waals surface area contributed by atoms with E-state index in [1.165, 1.54) is 0 Å². The van der Waals surface area contributed by atoms with Crippen molar-refractivity contribution in [3.63, 3.8) is 0 Å². The second-order valence-electron chi connectivity index (χ2n) is 4.56. The number of halogens is 1. The summed E-state index contributed by atoms with van der Waals surface area (Å²) in [6, 6.07) is 2.70. The van der Waals surface area contributed by atoms with Gasteiger partial charge in [-0.2, -0.15) is 0 Å². The number of carbonyl (C=O) groups is 2. The Morgan fingerprint density at radius 1 is 1.48 bits per heavy atom. The van der Waals surface area contributed by atoms with Crippen molar-refractivity contribution in [2.24, 2.45) is 5.92 Å². The topological polar surface area (TPSA) is 110 Å². The van der Waals surface area contributed by atoms with E-state index in [-0.39, 0.29) is 12.2 Å². The molecular formula is C13H15FN2O5. The molecule has 114 valence electrons. The molecule has 2 N–H and O–H groups in total. The number of amides is 1. The highest BCUT2D eigenvalue weighted by atomic mass is 19.1. The van der Waals surface area contributed by atoms with E-state index >= 15 is 0 Å². The van der Waals surface area contributed by atoms with Gasteiger partial charge in [0, 0.05) is 18.7 Å². The standard InChI is InChI=1S/C13H15FN2O5/c1-8(13(18)19)3-2-6-15-12(17)10-7-9(16(20)21)4-5-11(10)14/h4-5,7-8H,2-3,6H2,1H3,(H,15,17)(H,18,19). The van der Waals surface area contributed by atoms with Crippen molar-refractivity contribution >= 4 is 17.6 Å². The third-order valence-electron chi connectivity index (χ3n) is 2.93. The Hall–Kier alpha value is -2.51. The molecule has 0 fully saturated rings. The van der Waals surface area contributed by atoms with Crippen LogP contribution in [-0.4, -0.2) is 28.5 Å². The van der Waals surface area contributed by atoms with Crippen LogP contribution in [0.15, 0.2) is 18.2 Å². The van der Waals surface area contributed by atoms with Gasteiger partial charge in [-0.25, -0.2) is 4.39 Å². The first-order valence-corrected chi connectivity index (χ1v) is 6.28. The number of nitro benzene ring substituents is 1. The fourth-order valence-electron chi connectivity index (χ4n) is 1.63. The predicted molar refractivity (Wildman–Crippen MR) is 71.4 cm³/mol. The monoisotopic (exact) mass is 298 g/mol. The number of hydrogen-bond donors (Lipinski definition) is 2. The number of carboxylic acids is 1. The molecule has 0 saturated carbocycles. The molecule has 1 aromatic rings. The molecule has 0 spiro atoms. The van der Waals surface area contributed by atoms with Gasteiger partial charge in [0.1, 0.15) is 5.82 Å². The number of carbonyl (C=O) groups excluding carboxylic acids is 1. The van der Waals surface area contributed by atoms with E-state index in [1.807, 2.05) is 0 Å². The van der Waals surface area contributed by atoms with E-state index < -0.39 is 34.1 Å². The van der Waals surface area contributed by atoms with Crippen LogP contribution < -0.4 is 5.32 Å². The van der Waals surface area contributed by atoms with Crippen LogP contribution in [0.5, 0.6) is 0 Å². The number of nitrogens with one attached hydrogen (secondary N) is 1. The Morgan fingerprint density at radius 3 is 2.71 bits per heavy atom. The average Bonchev–Trinajstić information content (AvgIpc) is 2.43. The van der Waals surface area contributed by atoms with E-state index in [0.717, 1.165) is 18.2 Å². The summed E-state index contributed by atoms with van der Waals surface area (Å²) in [4.78, 5) is 32.2. The number of non-ortho nitro benzene ring substituents is 1. The molecule has 0 aliphatic rings. The first kappa shape index (κ1) is 16.5. The maximum absolute atomic E-state index is 13.5. The number of aliphatic carboxylic acids is 1. The molecule has 0 aromatic heterocycles. The molecule has 0 aliphatic carbocycles. The molecule has 1 rings (SSSR count). The van der Waals surface area contributed by atoms with Gasteiger partial charge < -0.3 is 10.4 Å². The van der Waals surface area contributed by atoms with Gasteiger partial charge in [0.05, 0.1) is 16.4 Å². The van der Waals surface area contributed by atoms with Gasteiger partial charge in [-0.05, 0) is 18.9 Å². The molecule has 1 amide bonds. The van der Waals surface area contributed by atoms with Crippen molar-refractivity contribution < 1.29 is 24.0 Å². The fourth-order valence-corrected chi connectivity index (χ4v) is 1.63. The third-order valence-corrected chi connectivity index (χ3v) is 2.93. The zero-order valence-electron chi connectivity index (χ0n) is 11.3. The van der Waals surface area contributed by atoms with Crippen molar-refractivity contribution in [2.45, 2.75) is 19.8 Å². The Balaban J connectivity index is 2.58. The van der Waals surface area contributed by atoms with Gasteiger partial charge in [0.15, 0.2) is 0 Å². The first-order chi connectivity index (χ1) is 9.82. The zero-order chi connectivity index (χ0) is 16.0. The van der Waals surface area contributed by atoms with Crippen molar-refractivity contribution in [3.05, 3.63) is 39.7 Å². The Bertz CT molecular complexity index is 561. The van der Waals surface area contributed by atoms with E-state index in [0.29, 0.717) is 12.8 Å². The van der Waals surface area contributed by atoms with E-state index in [4.69, 9.17) is 5.11 Å². The lowest BCUT2D eigenvalue weighted by Gasteiger charge is -2.08. The minimum absolute atomic E-state index is 0.165. The van der Waals surface area contributed by atoms with Gasteiger partial charge in [-0.15, -0.1) is 0 Å². The molecular weight excluding hydrogens is 283 g/mol. The van der Waals surface area contributed by atoms with Gasteiger partial charge >= 0.3 is 5.97 Å². The number of carboxylic acid groups (broad SMARTS) is 1. The summed E-state index contributed by atoms with van der Waals surface area (Å²) in [5.41, 5.74) is -0.781. The quantitative estimate of drug-likeness (QED) is 0.454. The van der Waals surface area contributed by atoms with Gasteiger partial charge in [0.2, 0.25) is 0 Å². The molecule has 8 heteroatoms. The maximum Gasteiger partial charge on any atom is 0.306 e. The molecule has 0 aliphatic heterocycles. The summed E-state index contributed by atoms with van der Waals surface area (Å²) in [6.07, 6.45) is 0.781. The van der Waals surface area contributed by atoms with Crippen LogP contribution in [0, 0.1) is 21.8 Å². The summed E-state index contributed by atoms with van der Waals surface area (Å²) in [5, 5.41) is 21.7. The van der Waals surface area contributed by atoms with E-state index in [9.17, 15) is 24.1 Å². The highest BCUT2D eigenvalue weighted by molar-refractivity contribution is 5.95. The summed E-state index contributed by atoms with van der Waals surface area (Å²) in [5.74, 6) is -3.07. The Morgan fingerprint density at radius 2 is 2.14 bits per heavy atom. The normalized spacial score (nSPS) is 11.7. The van der Waals surface area contributed by atoms with Gasteiger partial charge in [-0.1, -0.05) is 6.92 Å². The van der Waals surface area contributed by atoms with Crippen molar-refractivity contribution in [3.8, 4) is 0 Å². The van der Waals surface area contributed by atoms with Crippen LogP contribution in [0.25, 0.3) is 0 Å². The highest BCUT2D eigenvalue weighted by Gasteiger charge is 2.17. The lowest BCUT2D eigenvalue weighted by Crippen LogP contribution is -2.26. The fraction of sp³-hybridized carbons (Fsp3) is 0.385. The van der Waals surface area contributed by atoms with Gasteiger partial charge in [-0.3, -0.25) is 19.7 Å². The van der Waals surface area contributed by atoms with Crippen molar-refractivity contribution in [1.29, 1.82) is 0 Å². The summed E-state index contributed by atoms with van der Waals surface area (Å²) < 4.78 is 13.5. The van der Waals surface area contributed by atoms with Crippen molar-refractivity contribution in [1.82, 2.24) is 5.32 Å². The largest absolute Gasteiger partial charge is 0.481 e. The highest BCUT2D eigenvalue weighted by Crippen LogP contribution is 2.16. The molecule has 1 unspecified atom stereocenters. The van der Waals surface area contributed by atoms with Crippen molar-refractivity contribution in [2.75, 3.05) is 6.54 Å². The minimum Gasteiger partial charge on any atom is -0.481 e. The molecule has 7 nitrogen and oxygen atoms in total. The van der Waals surface area contributed by atoms with Crippen LogP contribution in [0.3, 0.4) is 0 Å². The molecule has 0 radical (unpaired) electrons. The summed E-state index contributed by atoms with van der Waals surface area (Å²) >= 11 is 0. The van der Waals surface area contributed by atoms with E-state index in [1.54, 1.807) is 6.92 Å². The lowest BCUT2D eigenvalue weighted by atomic mass is 10.1. The second kappa shape index (κ2) is 7.32. The van der Waals surface area contributed by atoms with E-state index in [2.05, 4.69) is 5.32 Å². The molecule has 1 aromatic carbocycles. The number of benzene rings is 1. The van der Waals surface area contributed by atoms with Crippen LogP contribution in [0.2, 0.25) is 0 Å². The zero-order valence-corrected chi connectivity index (χ0v) is 11.3. The number of nitrogens with zero attached hydrogens (tertiary/aromatic N) is 1. The maximum atomic E-state index is 13.5. The Labute approximate surface area is 119 Å². The second-order valence-corrected chi connectivity index (χ2v) is 4.56. The number of rotatable bonds is 7. The van der Waals surface area contributed by atoms with Crippen LogP contribution in [-0.2, 0) is 4.79 Å².